The van der Waals surface area contributed by atoms with Crippen molar-refractivity contribution in [2.24, 2.45) is 5.41 Å². The van der Waals surface area contributed by atoms with Gasteiger partial charge in [-0.15, -0.1) is 0 Å². The Bertz CT molecular complexity index is 1070. The van der Waals surface area contributed by atoms with E-state index >= 15 is 0 Å². The first-order valence-electron chi connectivity index (χ1n) is 10.9. The molecule has 2 aromatic carbocycles. The van der Waals surface area contributed by atoms with Gasteiger partial charge in [0.1, 0.15) is 0 Å². The van der Waals surface area contributed by atoms with Gasteiger partial charge in [0.05, 0.1) is 0 Å². The second-order valence-electron chi connectivity index (χ2n) is 10.4. The summed E-state index contributed by atoms with van der Waals surface area (Å²) in [5.41, 5.74) is 12.3. The minimum Gasteiger partial charge on any atom is -1.00 e. The van der Waals surface area contributed by atoms with Crippen LogP contribution in [-0.4, -0.2) is 0 Å². The van der Waals surface area contributed by atoms with E-state index < -0.39 is 23.2 Å². The first kappa shape index (κ1) is 22.6. The molecule has 4 aliphatic rings. The summed E-state index contributed by atoms with van der Waals surface area (Å²) in [6.07, 6.45) is 9.17. The Morgan fingerprint density at radius 1 is 0.833 bits per heavy atom. The number of benzene rings is 2. The third kappa shape index (κ3) is 2.95. The van der Waals surface area contributed by atoms with E-state index in [0.717, 1.165) is 0 Å². The zero-order valence-corrected chi connectivity index (χ0v) is 22.0. The molecule has 2 unspecified atom stereocenters. The Morgan fingerprint density at radius 3 is 2.27 bits per heavy atom. The molecular weight excluding hydrogens is 486 g/mol. The van der Waals surface area contributed by atoms with Crippen molar-refractivity contribution >= 4 is 11.6 Å². The van der Waals surface area contributed by atoms with Crippen molar-refractivity contribution < 1.29 is 48.0 Å². The molecule has 0 nitrogen and oxygen atoms in total. The van der Waals surface area contributed by atoms with Crippen LogP contribution in [0.1, 0.15) is 75.1 Å². The van der Waals surface area contributed by atoms with Crippen LogP contribution in [0.15, 0.2) is 59.7 Å². The Hall–Kier alpha value is -0.617. The largest absolute Gasteiger partial charge is 1.00 e. The summed E-state index contributed by atoms with van der Waals surface area (Å²) in [5.74, 6) is 0. The van der Waals surface area contributed by atoms with Crippen LogP contribution < -0.4 is 24.8 Å². The fraction of sp³-hybridized carbons (Fsp3) is 0.407. The summed E-state index contributed by atoms with van der Waals surface area (Å²) in [6, 6.07) is 18.9. The zero-order valence-electron chi connectivity index (χ0n) is 18.0. The Morgan fingerprint density at radius 2 is 1.50 bits per heavy atom. The molecule has 2 spiro atoms. The summed E-state index contributed by atoms with van der Waals surface area (Å²) in [5, 5.41) is 0. The van der Waals surface area contributed by atoms with Crippen molar-refractivity contribution in [3.05, 3.63) is 81.9 Å². The molecule has 154 valence electrons. The molecule has 2 saturated heterocycles. The minimum absolute atomic E-state index is 0. The molecule has 0 saturated carbocycles. The number of halogens is 2. The van der Waals surface area contributed by atoms with Gasteiger partial charge in [-0.1, -0.05) is 0 Å². The average molecular weight is 515 g/mol. The predicted octanol–water partition coefficient (Wildman–Crippen LogP) is 1.06. The third-order valence-corrected chi connectivity index (χ3v) is 13.7. The van der Waals surface area contributed by atoms with Crippen LogP contribution in [-0.2, 0) is 29.5 Å². The van der Waals surface area contributed by atoms with Crippen molar-refractivity contribution in [2.75, 3.05) is 0 Å². The molecular formula is C27H28Cl2Zr. The SMILES string of the molecule is CC(C)(C)CC1=C2CC[C]34[Zr+2][C]2(CCC3=Cc2ccccc24)c2ccccc21.[Cl-].[Cl-]. The summed E-state index contributed by atoms with van der Waals surface area (Å²) < 4.78 is 0.916. The number of allylic oxidation sites excluding steroid dienone is 3. The normalized spacial score (nSPS) is 27.2. The molecule has 2 fully saturated rings. The van der Waals surface area contributed by atoms with Gasteiger partial charge in [-0.2, -0.15) is 0 Å². The van der Waals surface area contributed by atoms with Gasteiger partial charge in [0.2, 0.25) is 0 Å². The van der Waals surface area contributed by atoms with Crippen LogP contribution in [0.5, 0.6) is 0 Å². The van der Waals surface area contributed by atoms with Crippen LogP contribution in [0.25, 0.3) is 11.6 Å². The Kier molecular flexibility index (Phi) is 5.62. The zero-order chi connectivity index (χ0) is 19.1. The van der Waals surface area contributed by atoms with Crippen LogP contribution in [0.4, 0.5) is 0 Å². The van der Waals surface area contributed by atoms with E-state index in [1.165, 1.54) is 37.7 Å². The maximum atomic E-state index is 2.58. The van der Waals surface area contributed by atoms with Crippen LogP contribution >= 0.6 is 0 Å². The number of rotatable bonds is 1. The first-order valence-corrected chi connectivity index (χ1v) is 13.3. The van der Waals surface area contributed by atoms with Crippen molar-refractivity contribution in [2.45, 2.75) is 59.1 Å². The van der Waals surface area contributed by atoms with E-state index in [9.17, 15) is 0 Å². The second kappa shape index (κ2) is 7.47. The molecule has 2 aliphatic heterocycles. The standard InChI is InChI=1S/C27H28.2ClH.Zr/c1-27(2,3)17-26-23-11-7-6-10-22(23)24-13-12-19-16-18-8-4-5-9-20(18)21(19)14-15-25(24)26;;;/h4-11,16H,12-15,17H2,1-3H3;2*1H;/q;;;+2/p-2. The summed E-state index contributed by atoms with van der Waals surface area (Å²) in [4.78, 5) is 0. The smallest absolute Gasteiger partial charge is 1.00 e. The van der Waals surface area contributed by atoms with Gasteiger partial charge in [-0.05, 0) is 0 Å². The molecule has 2 bridgehead atoms. The molecule has 0 amide bonds. The van der Waals surface area contributed by atoms with Crippen molar-refractivity contribution in [3.63, 3.8) is 0 Å². The van der Waals surface area contributed by atoms with E-state index in [1.54, 1.807) is 27.8 Å². The van der Waals surface area contributed by atoms with Gasteiger partial charge in [0, 0.05) is 0 Å². The molecule has 0 aromatic heterocycles. The van der Waals surface area contributed by atoms with Gasteiger partial charge in [-0.25, -0.2) is 0 Å². The summed E-state index contributed by atoms with van der Waals surface area (Å²) >= 11 is -0.753. The van der Waals surface area contributed by atoms with E-state index in [4.69, 9.17) is 0 Å². The Labute approximate surface area is 205 Å². The quantitative estimate of drug-likeness (QED) is 0.534. The van der Waals surface area contributed by atoms with Gasteiger partial charge in [0.15, 0.2) is 0 Å². The van der Waals surface area contributed by atoms with Gasteiger partial charge >= 0.3 is 181 Å². The molecule has 0 radical (unpaired) electrons. The monoisotopic (exact) mass is 512 g/mol. The van der Waals surface area contributed by atoms with E-state index in [2.05, 4.69) is 75.4 Å². The third-order valence-electron chi connectivity index (χ3n) is 7.54. The fourth-order valence-electron chi connectivity index (χ4n) is 6.57. The maximum Gasteiger partial charge on any atom is -1.00 e. The molecule has 2 heterocycles. The molecule has 2 atom stereocenters. The molecule has 6 rings (SSSR count). The number of hydrogen-bond acceptors (Lipinski definition) is 0. The molecule has 0 N–H and O–H groups in total. The molecule has 2 aliphatic carbocycles. The van der Waals surface area contributed by atoms with Gasteiger partial charge in [-0.3, -0.25) is 0 Å². The van der Waals surface area contributed by atoms with Crippen LogP contribution in [0, 0.1) is 5.41 Å². The van der Waals surface area contributed by atoms with Crippen molar-refractivity contribution in [1.82, 2.24) is 0 Å². The average Bonchev–Trinajstić information content (AvgIpc) is 3.11. The van der Waals surface area contributed by atoms with E-state index in [-0.39, 0.29) is 24.8 Å². The molecule has 30 heavy (non-hydrogen) atoms. The van der Waals surface area contributed by atoms with Crippen molar-refractivity contribution in [1.29, 1.82) is 0 Å². The van der Waals surface area contributed by atoms with Gasteiger partial charge in [0.25, 0.3) is 0 Å². The molecule has 3 heteroatoms. The van der Waals surface area contributed by atoms with Crippen molar-refractivity contribution in [3.8, 4) is 0 Å². The molecule has 2 aromatic rings. The fourth-order valence-corrected chi connectivity index (χ4v) is 13.3. The van der Waals surface area contributed by atoms with Gasteiger partial charge < -0.3 is 24.8 Å². The number of fused-ring (bicyclic) bond motifs is 2. The maximum absolute atomic E-state index is 2.58. The Balaban J connectivity index is 0.00000109. The number of hydrogen-bond donors (Lipinski definition) is 0. The summed E-state index contributed by atoms with van der Waals surface area (Å²) in [6.45, 7) is 7.23. The van der Waals surface area contributed by atoms with Crippen LogP contribution in [0.2, 0.25) is 0 Å². The summed E-state index contributed by atoms with van der Waals surface area (Å²) in [7, 11) is 0. The first-order chi connectivity index (χ1) is 13.4. The predicted molar refractivity (Wildman–Crippen MR) is 114 cm³/mol. The minimum atomic E-state index is -0.753. The van der Waals surface area contributed by atoms with E-state index in [1.807, 2.05) is 5.57 Å². The topological polar surface area (TPSA) is 0 Å². The second-order valence-corrected chi connectivity index (χ2v) is 15.2. The van der Waals surface area contributed by atoms with Crippen LogP contribution in [0.3, 0.4) is 0 Å². The van der Waals surface area contributed by atoms with E-state index in [0.29, 0.717) is 11.7 Å².